The first-order chi connectivity index (χ1) is 9.10. The molecule has 2 heterocycles. The first-order valence-corrected chi connectivity index (χ1v) is 6.36. The summed E-state index contributed by atoms with van der Waals surface area (Å²) < 4.78 is 1.65. The zero-order valence-corrected chi connectivity index (χ0v) is 11.5. The Kier molecular flexibility index (Phi) is 4.28. The number of likely N-dealkylation sites (N-methyl/N-ethyl adjacent to an activating group) is 1. The second kappa shape index (κ2) is 5.94. The molecule has 0 aliphatic carbocycles. The van der Waals surface area contributed by atoms with E-state index in [4.69, 9.17) is 0 Å². The molecule has 104 valence electrons. The van der Waals surface area contributed by atoms with Crippen LogP contribution in [0.5, 0.6) is 0 Å². The second-order valence-electron chi connectivity index (χ2n) is 4.80. The molecule has 1 atom stereocenters. The molecule has 1 unspecified atom stereocenters. The molecule has 2 aromatic rings. The molecule has 0 aliphatic rings. The minimum absolute atomic E-state index is 0.434. The molecule has 0 aliphatic heterocycles. The molecule has 0 saturated carbocycles. The summed E-state index contributed by atoms with van der Waals surface area (Å²) in [5, 5.41) is 25.3. The first-order valence-electron chi connectivity index (χ1n) is 6.36. The molecule has 0 amide bonds. The van der Waals surface area contributed by atoms with E-state index in [1.165, 1.54) is 0 Å². The molecule has 0 saturated heterocycles. The molecule has 7 heteroatoms. The summed E-state index contributed by atoms with van der Waals surface area (Å²) in [5.41, 5.74) is 2.48. The van der Waals surface area contributed by atoms with Crippen LogP contribution in [0, 0.1) is 0 Å². The Bertz CT molecular complexity index is 538. The molecule has 2 N–H and O–H groups in total. The van der Waals surface area contributed by atoms with E-state index in [1.807, 2.05) is 32.0 Å². The number of hydrogen-bond acceptors (Lipinski definition) is 6. The normalized spacial score (nSPS) is 13.1. The fourth-order valence-electron chi connectivity index (χ4n) is 1.90. The van der Waals surface area contributed by atoms with E-state index in [2.05, 4.69) is 20.6 Å². The molecule has 0 fully saturated rings. The summed E-state index contributed by atoms with van der Waals surface area (Å²) >= 11 is 0. The van der Waals surface area contributed by atoms with Crippen molar-refractivity contribution in [2.45, 2.75) is 19.4 Å². The molecule has 0 radical (unpaired) electrons. The highest BCUT2D eigenvalue weighted by molar-refractivity contribution is 5.66. The molecule has 2 rings (SSSR count). The Labute approximate surface area is 112 Å². The number of nitrogens with zero attached hydrogens (tertiary/aromatic N) is 5. The average Bonchev–Trinajstić information content (AvgIpc) is 2.82. The van der Waals surface area contributed by atoms with Gasteiger partial charge in [-0.15, -0.1) is 10.2 Å². The molecule has 0 aromatic carbocycles. The fraction of sp³-hybridized carbons (Fsp3) is 0.583. The predicted molar refractivity (Wildman–Crippen MR) is 73.2 cm³/mol. The van der Waals surface area contributed by atoms with Gasteiger partial charge in [0.05, 0.1) is 17.5 Å². The van der Waals surface area contributed by atoms with Crippen LogP contribution in [0.2, 0.25) is 0 Å². The number of anilines is 1. The molecule has 0 bridgehead atoms. The van der Waals surface area contributed by atoms with Crippen molar-refractivity contribution in [1.82, 2.24) is 24.7 Å². The third-order valence-corrected chi connectivity index (χ3v) is 2.78. The van der Waals surface area contributed by atoms with Gasteiger partial charge >= 0.3 is 0 Å². The fourth-order valence-corrected chi connectivity index (χ4v) is 1.90. The summed E-state index contributed by atoms with van der Waals surface area (Å²) in [6, 6.07) is 1.95. The lowest BCUT2D eigenvalue weighted by molar-refractivity contribution is 0.148. The van der Waals surface area contributed by atoms with Gasteiger partial charge in [-0.1, -0.05) is 6.92 Å². The van der Waals surface area contributed by atoms with Gasteiger partial charge in [0.25, 0.3) is 0 Å². The maximum atomic E-state index is 9.87. The molecular weight excluding hydrogens is 244 g/mol. The number of fused-ring (bicyclic) bond motifs is 1. The topological polar surface area (TPSA) is 78.6 Å². The van der Waals surface area contributed by atoms with Gasteiger partial charge in [-0.3, -0.25) is 0 Å². The second-order valence-corrected chi connectivity index (χ2v) is 4.80. The summed E-state index contributed by atoms with van der Waals surface area (Å²) in [5.74, 6) is 0. The van der Waals surface area contributed by atoms with Crippen molar-refractivity contribution >= 4 is 11.3 Å². The molecular formula is C12H20N6O. The van der Waals surface area contributed by atoms with Crippen molar-refractivity contribution in [2.75, 3.05) is 32.5 Å². The van der Waals surface area contributed by atoms with Gasteiger partial charge < -0.3 is 15.3 Å². The average molecular weight is 264 g/mol. The highest BCUT2D eigenvalue weighted by atomic mass is 16.3. The van der Waals surface area contributed by atoms with E-state index in [-0.39, 0.29) is 0 Å². The van der Waals surface area contributed by atoms with Crippen LogP contribution in [-0.4, -0.2) is 63.1 Å². The Hall–Kier alpha value is -1.73. The Morgan fingerprint density at radius 1 is 1.47 bits per heavy atom. The van der Waals surface area contributed by atoms with Gasteiger partial charge in [0.15, 0.2) is 0 Å². The van der Waals surface area contributed by atoms with Crippen LogP contribution in [-0.2, 0) is 6.42 Å². The zero-order chi connectivity index (χ0) is 13.8. The number of aryl methyl sites for hydroxylation is 1. The standard InChI is InChI=1S/C12H20N6O/c1-4-9-5-11(12-15-14-8-18(12)16-9)13-6-10(19)7-17(2)3/h5,8,10,13,19H,4,6-7H2,1-3H3. The maximum Gasteiger partial charge on any atom is 0.200 e. The van der Waals surface area contributed by atoms with Gasteiger partial charge in [0.2, 0.25) is 5.65 Å². The number of nitrogens with one attached hydrogen (secondary N) is 1. The lowest BCUT2D eigenvalue weighted by atomic mass is 10.2. The van der Waals surface area contributed by atoms with Crippen molar-refractivity contribution in [3.8, 4) is 0 Å². The minimum Gasteiger partial charge on any atom is -0.390 e. The van der Waals surface area contributed by atoms with E-state index in [0.717, 1.165) is 17.8 Å². The number of hydrogen-bond donors (Lipinski definition) is 2. The maximum absolute atomic E-state index is 9.87. The van der Waals surface area contributed by atoms with Gasteiger partial charge in [0.1, 0.15) is 6.33 Å². The third-order valence-electron chi connectivity index (χ3n) is 2.78. The SMILES string of the molecule is CCc1cc(NCC(O)CN(C)C)c2nncn2n1. The Balaban J connectivity index is 2.13. The van der Waals surface area contributed by atoms with E-state index >= 15 is 0 Å². The number of aliphatic hydroxyl groups excluding tert-OH is 1. The van der Waals surface area contributed by atoms with Crippen LogP contribution in [0.25, 0.3) is 5.65 Å². The van der Waals surface area contributed by atoms with E-state index in [0.29, 0.717) is 18.7 Å². The van der Waals surface area contributed by atoms with E-state index < -0.39 is 6.10 Å². The monoisotopic (exact) mass is 264 g/mol. The van der Waals surface area contributed by atoms with Crippen LogP contribution in [0.1, 0.15) is 12.6 Å². The van der Waals surface area contributed by atoms with Crippen molar-refractivity contribution < 1.29 is 5.11 Å². The van der Waals surface area contributed by atoms with Crippen molar-refractivity contribution in [2.24, 2.45) is 0 Å². The highest BCUT2D eigenvalue weighted by Crippen LogP contribution is 2.15. The highest BCUT2D eigenvalue weighted by Gasteiger charge is 2.10. The zero-order valence-electron chi connectivity index (χ0n) is 11.5. The lowest BCUT2D eigenvalue weighted by Crippen LogP contribution is -2.31. The third kappa shape index (κ3) is 3.39. The lowest BCUT2D eigenvalue weighted by Gasteiger charge is -2.17. The van der Waals surface area contributed by atoms with E-state index in [1.54, 1.807) is 10.8 Å². The van der Waals surface area contributed by atoms with Crippen molar-refractivity contribution in [1.29, 1.82) is 0 Å². The first kappa shape index (κ1) is 13.7. The predicted octanol–water partition coefficient (Wildman–Crippen LogP) is 0.0211. The molecule has 0 spiro atoms. The van der Waals surface area contributed by atoms with Gasteiger partial charge in [0, 0.05) is 13.1 Å². The summed E-state index contributed by atoms with van der Waals surface area (Å²) in [4.78, 5) is 1.95. The smallest absolute Gasteiger partial charge is 0.200 e. The summed E-state index contributed by atoms with van der Waals surface area (Å²) in [6.07, 6.45) is 1.98. The van der Waals surface area contributed by atoms with Gasteiger partial charge in [-0.25, -0.2) is 0 Å². The molecule has 19 heavy (non-hydrogen) atoms. The van der Waals surface area contributed by atoms with Crippen LogP contribution in [0.4, 0.5) is 5.69 Å². The largest absolute Gasteiger partial charge is 0.390 e. The number of aromatic nitrogens is 4. The van der Waals surface area contributed by atoms with Crippen LogP contribution in [0.3, 0.4) is 0 Å². The minimum atomic E-state index is -0.434. The molecule has 7 nitrogen and oxygen atoms in total. The summed E-state index contributed by atoms with van der Waals surface area (Å²) in [7, 11) is 3.86. The number of aliphatic hydroxyl groups is 1. The van der Waals surface area contributed by atoms with Crippen molar-refractivity contribution in [3.63, 3.8) is 0 Å². The van der Waals surface area contributed by atoms with Crippen LogP contribution < -0.4 is 5.32 Å². The van der Waals surface area contributed by atoms with Crippen molar-refractivity contribution in [3.05, 3.63) is 18.1 Å². The Morgan fingerprint density at radius 2 is 2.26 bits per heavy atom. The van der Waals surface area contributed by atoms with Gasteiger partial charge in [-0.2, -0.15) is 9.61 Å². The van der Waals surface area contributed by atoms with E-state index in [9.17, 15) is 5.11 Å². The quantitative estimate of drug-likeness (QED) is 0.766. The van der Waals surface area contributed by atoms with Crippen LogP contribution >= 0.6 is 0 Å². The number of rotatable bonds is 6. The molecule has 2 aromatic heterocycles. The Morgan fingerprint density at radius 3 is 2.95 bits per heavy atom. The van der Waals surface area contributed by atoms with Gasteiger partial charge in [-0.05, 0) is 26.6 Å². The summed E-state index contributed by atoms with van der Waals surface area (Å²) in [6.45, 7) is 3.12. The van der Waals surface area contributed by atoms with Crippen LogP contribution in [0.15, 0.2) is 12.4 Å².